The fraction of sp³-hybridized carbons (Fsp3) is 0.682. The minimum Gasteiger partial charge on any atom is -0.464 e. The number of carbonyl (C=O) groups is 1. The molecule has 2 unspecified atom stereocenters. The van der Waals surface area contributed by atoms with Gasteiger partial charge in [-0.3, -0.25) is 0 Å². The van der Waals surface area contributed by atoms with Crippen molar-refractivity contribution in [1.29, 1.82) is 10.5 Å². The van der Waals surface area contributed by atoms with Crippen LogP contribution >= 0.6 is 0 Å². The van der Waals surface area contributed by atoms with Crippen LogP contribution in [-0.4, -0.2) is 35.9 Å². The van der Waals surface area contributed by atoms with E-state index in [4.69, 9.17) is 9.47 Å². The van der Waals surface area contributed by atoms with Crippen molar-refractivity contribution >= 4 is 5.97 Å². The molecule has 1 spiro atoms. The molecule has 0 aliphatic carbocycles. The van der Waals surface area contributed by atoms with Crippen LogP contribution in [0.2, 0.25) is 0 Å². The highest BCUT2D eigenvalue weighted by molar-refractivity contribution is 5.85. The summed E-state index contributed by atoms with van der Waals surface area (Å²) < 4.78 is 11.8. The van der Waals surface area contributed by atoms with E-state index in [-0.39, 0.29) is 31.0 Å². The molecule has 4 rings (SSSR count). The second-order valence-corrected chi connectivity index (χ2v) is 8.73. The largest absolute Gasteiger partial charge is 0.464 e. The normalized spacial score (nSPS) is 42.6. The minimum atomic E-state index is -1.27. The van der Waals surface area contributed by atoms with Crippen molar-refractivity contribution in [3.05, 3.63) is 23.8 Å². The van der Waals surface area contributed by atoms with Crippen molar-refractivity contribution in [2.24, 2.45) is 11.3 Å². The van der Waals surface area contributed by atoms with Crippen LogP contribution in [0.3, 0.4) is 0 Å². The van der Waals surface area contributed by atoms with E-state index >= 15 is 0 Å². The second-order valence-electron chi connectivity index (χ2n) is 8.73. The zero-order valence-corrected chi connectivity index (χ0v) is 16.6. The van der Waals surface area contributed by atoms with Gasteiger partial charge in [0.05, 0.1) is 24.3 Å². The standard InChI is InChI=1S/C22H27N3O3/c1-4-27-19(26)22-8-7-21(28-22)11-20(12-23,13-24)14(2)9-16-5-6-17(25-16)10-18(21)15(22)3/h9,16-18,25H,3-8,10-11H2,1-2H3/b14-9+/t16-,17-,18+,21?,22?/m0/s1. The molecule has 1 N–H and O–H groups in total. The molecule has 0 aromatic carbocycles. The summed E-state index contributed by atoms with van der Waals surface area (Å²) in [6.45, 7) is 8.21. The van der Waals surface area contributed by atoms with Crippen LogP contribution in [-0.2, 0) is 14.3 Å². The minimum absolute atomic E-state index is 0.0751. The Morgan fingerprint density at radius 2 is 2.14 bits per heavy atom. The average Bonchev–Trinajstić information content (AvgIpc) is 3.34. The number of ether oxygens (including phenoxy) is 2. The number of allylic oxidation sites excluding steroid dienone is 1. The van der Waals surface area contributed by atoms with E-state index in [1.807, 2.05) is 13.0 Å². The number of esters is 1. The number of nitrogens with zero attached hydrogens (tertiary/aromatic N) is 2. The Hall–Kier alpha value is -2.15. The highest BCUT2D eigenvalue weighted by Crippen LogP contribution is 2.62. The zero-order chi connectivity index (χ0) is 20.2. The van der Waals surface area contributed by atoms with Gasteiger partial charge in [0, 0.05) is 24.4 Å². The van der Waals surface area contributed by atoms with Crippen LogP contribution < -0.4 is 5.32 Å². The number of nitriles is 2. The van der Waals surface area contributed by atoms with Gasteiger partial charge in [0.2, 0.25) is 0 Å². The number of fused-ring (bicyclic) bond motifs is 3. The van der Waals surface area contributed by atoms with Crippen molar-refractivity contribution < 1.29 is 14.3 Å². The van der Waals surface area contributed by atoms with E-state index in [1.165, 1.54) is 0 Å². The molecule has 0 radical (unpaired) electrons. The molecule has 4 aliphatic rings. The number of rotatable bonds is 2. The maximum atomic E-state index is 12.8. The Balaban J connectivity index is 1.82. The van der Waals surface area contributed by atoms with Crippen LogP contribution in [0, 0.1) is 34.0 Å². The molecule has 3 fully saturated rings. The maximum absolute atomic E-state index is 12.8. The molecule has 28 heavy (non-hydrogen) atoms. The van der Waals surface area contributed by atoms with Gasteiger partial charge in [-0.05, 0) is 57.1 Å². The van der Waals surface area contributed by atoms with Gasteiger partial charge >= 0.3 is 5.97 Å². The molecule has 3 saturated heterocycles. The molecule has 0 aromatic rings. The first kappa shape index (κ1) is 19.2. The fourth-order valence-electron chi connectivity index (χ4n) is 5.80. The van der Waals surface area contributed by atoms with Gasteiger partial charge in [0.1, 0.15) is 0 Å². The predicted octanol–water partition coefficient (Wildman–Crippen LogP) is 2.92. The third-order valence-corrected chi connectivity index (χ3v) is 7.32. The molecule has 4 aliphatic heterocycles. The monoisotopic (exact) mass is 381 g/mol. The van der Waals surface area contributed by atoms with Crippen LogP contribution in [0.15, 0.2) is 23.8 Å². The van der Waals surface area contributed by atoms with Crippen molar-refractivity contribution in [3.8, 4) is 12.1 Å². The van der Waals surface area contributed by atoms with E-state index in [1.54, 1.807) is 6.92 Å². The summed E-state index contributed by atoms with van der Waals surface area (Å²) in [4.78, 5) is 12.8. The summed E-state index contributed by atoms with van der Waals surface area (Å²) >= 11 is 0. The van der Waals surface area contributed by atoms with E-state index in [2.05, 4.69) is 24.0 Å². The Morgan fingerprint density at radius 3 is 2.82 bits per heavy atom. The highest BCUT2D eigenvalue weighted by atomic mass is 16.6. The Kier molecular flexibility index (Phi) is 4.41. The highest BCUT2D eigenvalue weighted by Gasteiger charge is 2.69. The van der Waals surface area contributed by atoms with Crippen LogP contribution in [0.25, 0.3) is 0 Å². The molecule has 0 aromatic heterocycles. The molecule has 148 valence electrons. The second kappa shape index (κ2) is 6.44. The van der Waals surface area contributed by atoms with Crippen molar-refractivity contribution in [2.75, 3.05) is 6.61 Å². The lowest BCUT2D eigenvalue weighted by Gasteiger charge is -2.39. The first-order valence-corrected chi connectivity index (χ1v) is 10.2. The molecule has 6 nitrogen and oxygen atoms in total. The lowest BCUT2D eigenvalue weighted by Crippen LogP contribution is -2.45. The van der Waals surface area contributed by atoms with Gasteiger partial charge in [-0.1, -0.05) is 12.7 Å². The van der Waals surface area contributed by atoms with Crippen molar-refractivity contribution in [3.63, 3.8) is 0 Å². The fourth-order valence-corrected chi connectivity index (χ4v) is 5.80. The van der Waals surface area contributed by atoms with E-state index < -0.39 is 16.6 Å². The van der Waals surface area contributed by atoms with Crippen molar-refractivity contribution in [1.82, 2.24) is 5.32 Å². The summed E-state index contributed by atoms with van der Waals surface area (Å²) in [5.74, 6) is -0.461. The number of nitrogens with one attached hydrogen (secondary N) is 1. The van der Waals surface area contributed by atoms with Gasteiger partial charge in [-0.15, -0.1) is 0 Å². The van der Waals surface area contributed by atoms with Gasteiger partial charge in [0.25, 0.3) is 0 Å². The summed E-state index contributed by atoms with van der Waals surface area (Å²) in [7, 11) is 0. The summed E-state index contributed by atoms with van der Waals surface area (Å²) in [6, 6.07) is 5.04. The summed E-state index contributed by atoms with van der Waals surface area (Å²) in [5.41, 5.74) is -1.62. The smallest absolute Gasteiger partial charge is 0.342 e. The SMILES string of the molecule is C=C1[C@H]2C[C@@H]3CC[C@@H](/C=C(\C)C(C#N)(C#N)CC24CCC1(C(=O)OCC)O4)N3. The van der Waals surface area contributed by atoms with E-state index in [0.717, 1.165) is 30.4 Å². The lowest BCUT2D eigenvalue weighted by molar-refractivity contribution is -0.167. The van der Waals surface area contributed by atoms with Gasteiger partial charge in [-0.2, -0.15) is 10.5 Å². The Bertz CT molecular complexity index is 821. The molecular formula is C22H27N3O3. The quantitative estimate of drug-likeness (QED) is 0.584. The Labute approximate surface area is 166 Å². The molecule has 0 amide bonds. The summed E-state index contributed by atoms with van der Waals surface area (Å²) in [6.07, 6.45) is 6.23. The van der Waals surface area contributed by atoms with Gasteiger partial charge in [-0.25, -0.2) is 4.79 Å². The van der Waals surface area contributed by atoms with E-state index in [9.17, 15) is 15.3 Å². The van der Waals surface area contributed by atoms with E-state index in [0.29, 0.717) is 18.9 Å². The third kappa shape index (κ3) is 2.48. The molecule has 0 saturated carbocycles. The summed E-state index contributed by atoms with van der Waals surface area (Å²) in [5, 5.41) is 23.7. The predicted molar refractivity (Wildman–Crippen MR) is 102 cm³/mol. The third-order valence-electron chi connectivity index (χ3n) is 7.32. The topological polar surface area (TPSA) is 95.1 Å². The van der Waals surface area contributed by atoms with Crippen LogP contribution in [0.4, 0.5) is 0 Å². The number of carbonyl (C=O) groups excluding carboxylic acids is 1. The zero-order valence-electron chi connectivity index (χ0n) is 16.6. The molecule has 4 bridgehead atoms. The van der Waals surface area contributed by atoms with Crippen LogP contribution in [0.1, 0.15) is 52.4 Å². The first-order chi connectivity index (χ1) is 13.3. The molecule has 4 heterocycles. The molecule has 6 heteroatoms. The molecular weight excluding hydrogens is 354 g/mol. The maximum Gasteiger partial charge on any atom is 0.342 e. The first-order valence-electron chi connectivity index (χ1n) is 10.2. The Morgan fingerprint density at radius 1 is 1.39 bits per heavy atom. The molecule has 5 atom stereocenters. The lowest BCUT2D eigenvalue weighted by atomic mass is 9.62. The van der Waals surface area contributed by atoms with Crippen molar-refractivity contribution in [2.45, 2.75) is 75.7 Å². The van der Waals surface area contributed by atoms with Gasteiger partial charge < -0.3 is 14.8 Å². The van der Waals surface area contributed by atoms with Gasteiger partial charge in [0.15, 0.2) is 11.0 Å². The average molecular weight is 381 g/mol. The number of hydrogen-bond acceptors (Lipinski definition) is 6. The number of hydrogen-bond donors (Lipinski definition) is 1. The van der Waals surface area contributed by atoms with Crippen LogP contribution in [0.5, 0.6) is 0 Å².